The van der Waals surface area contributed by atoms with Crippen molar-refractivity contribution >= 4 is 5.91 Å². The number of carbonyl (C=O) groups excluding carboxylic acids is 1. The average molecular weight is 335 g/mol. The summed E-state index contributed by atoms with van der Waals surface area (Å²) < 4.78 is 5.41. The van der Waals surface area contributed by atoms with Crippen LogP contribution in [0.15, 0.2) is 65.3 Å². The number of hydrogen-bond donors (Lipinski definition) is 1. The van der Waals surface area contributed by atoms with Gasteiger partial charge in [0, 0.05) is 11.1 Å². The Morgan fingerprint density at radius 1 is 1.04 bits per heavy atom. The Labute approximate surface area is 147 Å². The monoisotopic (exact) mass is 335 g/mol. The smallest absolute Gasteiger partial charge is 0.254 e. The Morgan fingerprint density at radius 3 is 2.52 bits per heavy atom. The van der Waals surface area contributed by atoms with Crippen LogP contribution in [0.25, 0.3) is 0 Å². The number of aryl methyl sites for hydroxylation is 2. The SMILES string of the molecule is Cc1ccc(C(=O)N(Cc2ccco2)Cc2ccccc2O)c(C)c1. The number of carbonyl (C=O) groups is 1. The van der Waals surface area contributed by atoms with Gasteiger partial charge in [-0.2, -0.15) is 0 Å². The van der Waals surface area contributed by atoms with Crippen molar-refractivity contribution in [2.75, 3.05) is 0 Å². The summed E-state index contributed by atoms with van der Waals surface area (Å²) in [6, 6.07) is 16.5. The van der Waals surface area contributed by atoms with Gasteiger partial charge in [0.25, 0.3) is 5.91 Å². The van der Waals surface area contributed by atoms with Gasteiger partial charge >= 0.3 is 0 Å². The summed E-state index contributed by atoms with van der Waals surface area (Å²) in [6.45, 7) is 4.59. The quantitative estimate of drug-likeness (QED) is 0.750. The van der Waals surface area contributed by atoms with Crippen LogP contribution in [-0.4, -0.2) is 15.9 Å². The number of para-hydroxylation sites is 1. The summed E-state index contributed by atoms with van der Waals surface area (Å²) in [4.78, 5) is 14.8. The number of furan rings is 1. The van der Waals surface area contributed by atoms with Crippen molar-refractivity contribution in [3.8, 4) is 5.75 Å². The van der Waals surface area contributed by atoms with Crippen LogP contribution >= 0.6 is 0 Å². The molecule has 1 amide bonds. The van der Waals surface area contributed by atoms with E-state index in [9.17, 15) is 9.90 Å². The minimum absolute atomic E-state index is 0.0860. The number of benzene rings is 2. The van der Waals surface area contributed by atoms with Crippen molar-refractivity contribution in [2.45, 2.75) is 26.9 Å². The molecule has 1 aromatic heterocycles. The highest BCUT2D eigenvalue weighted by molar-refractivity contribution is 5.95. The lowest BCUT2D eigenvalue weighted by molar-refractivity contribution is 0.0716. The van der Waals surface area contributed by atoms with Crippen molar-refractivity contribution in [3.05, 3.63) is 88.9 Å². The van der Waals surface area contributed by atoms with Gasteiger partial charge in [-0.25, -0.2) is 0 Å². The number of hydrogen-bond acceptors (Lipinski definition) is 3. The van der Waals surface area contributed by atoms with E-state index in [2.05, 4.69) is 0 Å². The zero-order valence-electron chi connectivity index (χ0n) is 14.4. The Bertz CT molecular complexity index is 869. The second kappa shape index (κ2) is 7.26. The van der Waals surface area contributed by atoms with Crippen LogP contribution in [0, 0.1) is 13.8 Å². The molecule has 4 nitrogen and oxygen atoms in total. The summed E-state index contributed by atoms with van der Waals surface area (Å²) in [5.41, 5.74) is 3.42. The summed E-state index contributed by atoms with van der Waals surface area (Å²) in [5.74, 6) is 0.797. The van der Waals surface area contributed by atoms with E-state index in [0.29, 0.717) is 30.0 Å². The van der Waals surface area contributed by atoms with E-state index >= 15 is 0 Å². The van der Waals surface area contributed by atoms with Crippen molar-refractivity contribution < 1.29 is 14.3 Å². The summed E-state index contributed by atoms with van der Waals surface area (Å²) in [6.07, 6.45) is 1.59. The molecule has 0 saturated heterocycles. The first-order valence-electron chi connectivity index (χ1n) is 8.20. The molecule has 0 bridgehead atoms. The lowest BCUT2D eigenvalue weighted by atomic mass is 10.0. The molecule has 0 spiro atoms. The first-order valence-corrected chi connectivity index (χ1v) is 8.20. The van der Waals surface area contributed by atoms with Crippen LogP contribution < -0.4 is 0 Å². The zero-order chi connectivity index (χ0) is 17.8. The van der Waals surface area contributed by atoms with E-state index < -0.39 is 0 Å². The standard InChI is InChI=1S/C21H21NO3/c1-15-9-10-19(16(2)12-15)21(24)22(14-18-7-5-11-25-18)13-17-6-3-4-8-20(17)23/h3-12,23H,13-14H2,1-2H3. The number of nitrogens with zero attached hydrogens (tertiary/aromatic N) is 1. The van der Waals surface area contributed by atoms with Gasteiger partial charge in [-0.1, -0.05) is 35.9 Å². The van der Waals surface area contributed by atoms with Crippen LogP contribution in [0.3, 0.4) is 0 Å². The molecule has 0 fully saturated rings. The van der Waals surface area contributed by atoms with E-state index in [1.165, 1.54) is 0 Å². The number of phenols is 1. The van der Waals surface area contributed by atoms with Crippen LogP contribution in [-0.2, 0) is 13.1 Å². The fraction of sp³-hybridized carbons (Fsp3) is 0.190. The second-order valence-electron chi connectivity index (χ2n) is 6.19. The molecular formula is C21H21NO3. The van der Waals surface area contributed by atoms with Gasteiger partial charge in [0.15, 0.2) is 0 Å². The lowest BCUT2D eigenvalue weighted by Gasteiger charge is -2.23. The molecule has 0 aliphatic rings. The minimum Gasteiger partial charge on any atom is -0.508 e. The van der Waals surface area contributed by atoms with Crippen LogP contribution in [0.4, 0.5) is 0 Å². The molecule has 0 aliphatic heterocycles. The number of phenolic OH excluding ortho intramolecular Hbond substituents is 1. The van der Waals surface area contributed by atoms with Gasteiger partial charge in [-0.15, -0.1) is 0 Å². The van der Waals surface area contributed by atoms with Crippen LogP contribution in [0.2, 0.25) is 0 Å². The molecule has 2 aromatic carbocycles. The predicted octanol–water partition coefficient (Wildman–Crippen LogP) is 4.44. The fourth-order valence-electron chi connectivity index (χ4n) is 2.86. The minimum atomic E-state index is -0.0860. The van der Waals surface area contributed by atoms with Crippen LogP contribution in [0.1, 0.15) is 32.8 Å². The molecule has 0 unspecified atom stereocenters. The maximum absolute atomic E-state index is 13.1. The maximum atomic E-state index is 13.1. The van der Waals surface area contributed by atoms with Gasteiger partial charge in [0.2, 0.25) is 0 Å². The van der Waals surface area contributed by atoms with E-state index in [-0.39, 0.29) is 11.7 Å². The third-order valence-corrected chi connectivity index (χ3v) is 4.18. The maximum Gasteiger partial charge on any atom is 0.254 e. The molecule has 25 heavy (non-hydrogen) atoms. The Morgan fingerprint density at radius 2 is 1.84 bits per heavy atom. The van der Waals surface area contributed by atoms with E-state index in [1.54, 1.807) is 29.4 Å². The number of rotatable bonds is 5. The Kier molecular flexibility index (Phi) is 4.89. The molecule has 3 rings (SSSR count). The molecule has 1 heterocycles. The van der Waals surface area contributed by atoms with Gasteiger partial charge in [-0.05, 0) is 43.7 Å². The molecular weight excluding hydrogens is 314 g/mol. The highest BCUT2D eigenvalue weighted by Crippen LogP contribution is 2.22. The van der Waals surface area contributed by atoms with Crippen molar-refractivity contribution in [3.63, 3.8) is 0 Å². The summed E-state index contributed by atoms with van der Waals surface area (Å²) in [7, 11) is 0. The average Bonchev–Trinajstić information content (AvgIpc) is 3.09. The third kappa shape index (κ3) is 3.91. The number of amides is 1. The topological polar surface area (TPSA) is 53.7 Å². The predicted molar refractivity (Wildman–Crippen MR) is 96.3 cm³/mol. The normalized spacial score (nSPS) is 10.6. The van der Waals surface area contributed by atoms with E-state index in [4.69, 9.17) is 4.42 Å². The fourth-order valence-corrected chi connectivity index (χ4v) is 2.86. The second-order valence-corrected chi connectivity index (χ2v) is 6.19. The van der Waals surface area contributed by atoms with E-state index in [0.717, 1.165) is 11.1 Å². The molecule has 0 atom stereocenters. The molecule has 0 radical (unpaired) electrons. The number of aromatic hydroxyl groups is 1. The molecule has 128 valence electrons. The van der Waals surface area contributed by atoms with Gasteiger partial charge in [0.05, 0.1) is 19.4 Å². The van der Waals surface area contributed by atoms with Crippen molar-refractivity contribution in [1.82, 2.24) is 4.90 Å². The van der Waals surface area contributed by atoms with Crippen molar-refractivity contribution in [1.29, 1.82) is 0 Å². The first-order chi connectivity index (χ1) is 12.0. The Hall–Kier alpha value is -3.01. The zero-order valence-corrected chi connectivity index (χ0v) is 14.4. The highest BCUT2D eigenvalue weighted by Gasteiger charge is 2.20. The summed E-state index contributed by atoms with van der Waals surface area (Å²) >= 11 is 0. The largest absolute Gasteiger partial charge is 0.508 e. The summed E-state index contributed by atoms with van der Waals surface area (Å²) in [5, 5.41) is 10.1. The lowest BCUT2D eigenvalue weighted by Crippen LogP contribution is -2.30. The Balaban J connectivity index is 1.92. The van der Waals surface area contributed by atoms with Gasteiger partial charge in [-0.3, -0.25) is 4.79 Å². The molecule has 0 aliphatic carbocycles. The van der Waals surface area contributed by atoms with Gasteiger partial charge in [0.1, 0.15) is 11.5 Å². The van der Waals surface area contributed by atoms with E-state index in [1.807, 2.05) is 50.2 Å². The molecule has 3 aromatic rings. The van der Waals surface area contributed by atoms with Crippen LogP contribution in [0.5, 0.6) is 5.75 Å². The first kappa shape index (κ1) is 16.8. The molecule has 1 N–H and O–H groups in total. The van der Waals surface area contributed by atoms with Gasteiger partial charge < -0.3 is 14.4 Å². The van der Waals surface area contributed by atoms with Crippen molar-refractivity contribution in [2.24, 2.45) is 0 Å². The molecule has 4 heteroatoms. The highest BCUT2D eigenvalue weighted by atomic mass is 16.3. The molecule has 0 saturated carbocycles. The third-order valence-electron chi connectivity index (χ3n) is 4.18.